The highest BCUT2D eigenvalue weighted by molar-refractivity contribution is 6.17. The Morgan fingerprint density at radius 1 is 0.181 bits per heavy atom. The van der Waals surface area contributed by atoms with E-state index in [2.05, 4.69) is 438 Å². The van der Waals surface area contributed by atoms with Crippen LogP contribution < -0.4 is 9.80 Å². The largest absolute Gasteiger partial charge is 0.456 e. The van der Waals surface area contributed by atoms with Crippen molar-refractivity contribution in [3.63, 3.8) is 0 Å². The lowest BCUT2D eigenvalue weighted by molar-refractivity contribution is 0.668. The molecule has 542 valence electrons. The predicted molar refractivity (Wildman–Crippen MR) is 487 cm³/mol. The predicted octanol–water partition coefficient (Wildman–Crippen LogP) is 30.9. The number of benzene rings is 19. The first-order valence-corrected chi connectivity index (χ1v) is 39.7. The van der Waals surface area contributed by atoms with Crippen molar-refractivity contribution in [2.45, 2.75) is 0 Å². The van der Waals surface area contributed by atoms with Gasteiger partial charge in [-0.2, -0.15) is 0 Å². The van der Waals surface area contributed by atoms with E-state index >= 15 is 0 Å². The first kappa shape index (κ1) is 66.3. The molecule has 116 heavy (non-hydrogen) atoms. The van der Waals surface area contributed by atoms with Crippen molar-refractivity contribution in [1.29, 1.82) is 0 Å². The molecule has 0 radical (unpaired) electrons. The summed E-state index contributed by atoms with van der Waals surface area (Å²) in [6.45, 7) is 0. The van der Waals surface area contributed by atoms with Gasteiger partial charge < -0.3 is 27.8 Å². The summed E-state index contributed by atoms with van der Waals surface area (Å²) >= 11 is 0. The van der Waals surface area contributed by atoms with Crippen molar-refractivity contribution < 1.29 is 8.83 Å². The molecule has 0 aliphatic carbocycles. The van der Waals surface area contributed by atoms with Crippen molar-refractivity contribution in [3.8, 4) is 78.1 Å². The average molecular weight is 1480 g/mol. The van der Waals surface area contributed by atoms with Crippen LogP contribution in [0, 0.1) is 0 Å². The maximum absolute atomic E-state index is 7.19. The molecule has 6 nitrogen and oxygen atoms in total. The van der Waals surface area contributed by atoms with Gasteiger partial charge in [0.05, 0.1) is 50.5 Å². The van der Waals surface area contributed by atoms with Crippen molar-refractivity contribution >= 4 is 143 Å². The van der Waals surface area contributed by atoms with Crippen LogP contribution in [0.15, 0.2) is 433 Å². The zero-order valence-electron chi connectivity index (χ0n) is 63.0. The normalized spacial score (nSPS) is 11.8. The second-order valence-corrected chi connectivity index (χ2v) is 30.2. The van der Waals surface area contributed by atoms with Gasteiger partial charge in [-0.05, 0) is 181 Å². The lowest BCUT2D eigenvalue weighted by Gasteiger charge is -2.31. The monoisotopic (exact) mass is 1480 g/mol. The Balaban J connectivity index is 0.700. The molecule has 4 heterocycles. The number of rotatable bonds is 14. The molecule has 0 fully saturated rings. The molecule has 0 saturated heterocycles. The van der Waals surface area contributed by atoms with Crippen molar-refractivity contribution in [3.05, 3.63) is 425 Å². The van der Waals surface area contributed by atoms with Gasteiger partial charge in [-0.3, -0.25) is 0 Å². The summed E-state index contributed by atoms with van der Waals surface area (Å²) in [6, 6.07) is 155. The second-order valence-electron chi connectivity index (χ2n) is 30.2. The summed E-state index contributed by atoms with van der Waals surface area (Å²) in [4.78, 5) is 4.94. The highest BCUT2D eigenvalue weighted by Crippen LogP contribution is 2.52. The lowest BCUT2D eigenvalue weighted by atomic mass is 9.94. The highest BCUT2D eigenvalue weighted by Gasteiger charge is 2.28. The lowest BCUT2D eigenvalue weighted by Crippen LogP contribution is -2.14. The summed E-state index contributed by atoms with van der Waals surface area (Å²) in [5, 5.41) is 13.7. The Morgan fingerprint density at radius 3 is 1.21 bits per heavy atom. The minimum Gasteiger partial charge on any atom is -0.456 e. The van der Waals surface area contributed by atoms with Crippen molar-refractivity contribution in [1.82, 2.24) is 9.13 Å². The van der Waals surface area contributed by atoms with E-state index in [1.165, 1.54) is 48.9 Å². The number of aromatic nitrogens is 2. The van der Waals surface area contributed by atoms with Gasteiger partial charge in [0, 0.05) is 82.4 Å². The Hall–Kier alpha value is -15.5. The molecule has 0 N–H and O–H groups in total. The molecular formula is C110H70N4O2. The summed E-state index contributed by atoms with van der Waals surface area (Å²) in [6.07, 6.45) is 0. The third-order valence-corrected chi connectivity index (χ3v) is 23.7. The fourth-order valence-electron chi connectivity index (χ4n) is 18.4. The van der Waals surface area contributed by atoms with Crippen LogP contribution in [0.4, 0.5) is 34.1 Å². The summed E-state index contributed by atoms with van der Waals surface area (Å²) in [7, 11) is 0. The van der Waals surface area contributed by atoms with E-state index in [1.807, 2.05) is 6.07 Å². The standard InChI is InChI=1S/C110H70N4O2/c1-3-26-73(27-4-1)87-61-54-76(84-41-23-32-71-30-7-9-34-82(71)84)66-104(87)111(79-57-52-75(53-58-79)86-36-11-16-45-98(86)113-99-46-17-12-37-90(99)91-38-13-18-47-100(91)113)80-59-64-108-97(69-80)94-63-56-78(68-109(94)116-108)89-43-25-44-95-92-39-14-19-48-101(92)114(110(89)95)103-50-21-20-49-102(103)112(81-60-65-107-96(70-81)93-40-15-22-51-106(93)115-107)105-67-77(55-62-88(105)74-28-5-2-6-29-74)85-42-24-33-72-31-8-10-35-83(72)85/h1-70H. The third kappa shape index (κ3) is 10.9. The molecule has 0 amide bonds. The first-order chi connectivity index (χ1) is 57.5. The fourth-order valence-corrected chi connectivity index (χ4v) is 18.4. The van der Waals surface area contributed by atoms with E-state index in [4.69, 9.17) is 8.83 Å². The minimum absolute atomic E-state index is 0.795. The van der Waals surface area contributed by atoms with Crippen LogP contribution in [0.5, 0.6) is 0 Å². The number of anilines is 6. The maximum atomic E-state index is 7.19. The van der Waals surface area contributed by atoms with Crippen LogP contribution in [-0.2, 0) is 0 Å². The quantitative estimate of drug-likeness (QED) is 0.109. The van der Waals surface area contributed by atoms with Crippen molar-refractivity contribution in [2.75, 3.05) is 9.80 Å². The van der Waals surface area contributed by atoms with Gasteiger partial charge in [0.2, 0.25) is 0 Å². The molecule has 0 aliphatic heterocycles. The Morgan fingerprint density at radius 2 is 0.578 bits per heavy atom. The van der Waals surface area contributed by atoms with E-state index in [9.17, 15) is 0 Å². The molecule has 23 rings (SSSR count). The van der Waals surface area contributed by atoms with E-state index in [0.29, 0.717) is 0 Å². The number of hydrogen-bond donors (Lipinski definition) is 0. The number of fused-ring (bicyclic) bond motifs is 14. The molecule has 4 aromatic heterocycles. The molecule has 0 saturated carbocycles. The molecule has 0 bridgehead atoms. The zero-order valence-corrected chi connectivity index (χ0v) is 63.0. The Kier molecular flexibility index (Phi) is 15.5. The number of furan rings is 2. The molecule has 0 aliphatic rings. The van der Waals surface area contributed by atoms with Crippen LogP contribution in [0.2, 0.25) is 0 Å². The average Bonchev–Trinajstić information content (AvgIpc) is 1.42. The van der Waals surface area contributed by atoms with Crippen LogP contribution in [-0.4, -0.2) is 9.13 Å². The molecular weight excluding hydrogens is 1410 g/mol. The Bertz CT molecular complexity index is 7790. The smallest absolute Gasteiger partial charge is 0.136 e. The van der Waals surface area contributed by atoms with Gasteiger partial charge in [0.15, 0.2) is 0 Å². The SMILES string of the molecule is c1ccc(-c2ccc(-c3cccc4ccccc34)cc2N(c2ccc(-c3ccccc3-n3c4ccccc4c4ccccc43)cc2)c2ccc3oc4cc(-c5cccc6c7ccccc7n(-c7ccccc7N(c7ccc8oc9ccccc9c8c7)c7cc(-c8cccc9ccccc89)ccc7-c7ccccc7)c56)ccc4c3c2)cc1. The number of hydrogen-bond acceptors (Lipinski definition) is 4. The molecule has 19 aromatic carbocycles. The van der Waals surface area contributed by atoms with Gasteiger partial charge in [-0.25, -0.2) is 0 Å². The summed E-state index contributed by atoms with van der Waals surface area (Å²) < 4.78 is 18.7. The molecule has 0 spiro atoms. The number of para-hydroxylation sites is 8. The van der Waals surface area contributed by atoms with Gasteiger partial charge in [-0.15, -0.1) is 0 Å². The van der Waals surface area contributed by atoms with Crippen LogP contribution in [0.3, 0.4) is 0 Å². The first-order valence-electron chi connectivity index (χ1n) is 39.7. The second kappa shape index (κ2) is 27.2. The molecule has 0 unspecified atom stereocenters. The van der Waals surface area contributed by atoms with E-state index in [0.717, 1.165) is 172 Å². The molecule has 23 aromatic rings. The van der Waals surface area contributed by atoms with Gasteiger partial charge in [0.1, 0.15) is 22.3 Å². The zero-order chi connectivity index (χ0) is 76.3. The van der Waals surface area contributed by atoms with Crippen molar-refractivity contribution in [2.24, 2.45) is 0 Å². The summed E-state index contributed by atoms with van der Waals surface area (Å²) in [5.41, 5.74) is 29.3. The van der Waals surface area contributed by atoms with Crippen LogP contribution in [0.25, 0.3) is 187 Å². The van der Waals surface area contributed by atoms with E-state index in [-0.39, 0.29) is 0 Å². The summed E-state index contributed by atoms with van der Waals surface area (Å²) in [5.74, 6) is 0. The molecule has 6 heteroatoms. The van der Waals surface area contributed by atoms with Gasteiger partial charge in [0.25, 0.3) is 0 Å². The van der Waals surface area contributed by atoms with Crippen LogP contribution in [0.1, 0.15) is 0 Å². The van der Waals surface area contributed by atoms with Gasteiger partial charge >= 0.3 is 0 Å². The van der Waals surface area contributed by atoms with Crippen LogP contribution >= 0.6 is 0 Å². The minimum atomic E-state index is 0.795. The van der Waals surface area contributed by atoms with Gasteiger partial charge in [-0.1, -0.05) is 309 Å². The van der Waals surface area contributed by atoms with E-state index < -0.39 is 0 Å². The maximum Gasteiger partial charge on any atom is 0.136 e. The Labute approximate surface area is 669 Å². The fraction of sp³-hybridized carbons (Fsp3) is 0. The number of nitrogens with zero attached hydrogens (tertiary/aromatic N) is 4. The topological polar surface area (TPSA) is 42.6 Å². The highest BCUT2D eigenvalue weighted by atomic mass is 16.3. The molecule has 0 atom stereocenters. The third-order valence-electron chi connectivity index (χ3n) is 23.7. The van der Waals surface area contributed by atoms with E-state index in [1.54, 1.807) is 0 Å².